The molecular weight excluding hydrogens is 306 g/mol. The van der Waals surface area contributed by atoms with Gasteiger partial charge in [0.25, 0.3) is 0 Å². The summed E-state index contributed by atoms with van der Waals surface area (Å²) in [5.74, 6) is -0.556. The van der Waals surface area contributed by atoms with Crippen molar-refractivity contribution < 1.29 is 14.3 Å². The molecule has 0 radical (unpaired) electrons. The lowest BCUT2D eigenvalue weighted by atomic mass is 10.1. The maximum Gasteiger partial charge on any atom is 0.322 e. The first-order valence-corrected chi connectivity index (χ1v) is 7.76. The molecule has 124 valence electrons. The van der Waals surface area contributed by atoms with Crippen molar-refractivity contribution in [2.75, 3.05) is 25.0 Å². The van der Waals surface area contributed by atoms with Crippen molar-refractivity contribution >= 4 is 17.6 Å². The molecule has 2 aromatic rings. The molecule has 1 heterocycles. The topological polar surface area (TPSA) is 84.7 Å². The lowest BCUT2D eigenvalue weighted by Gasteiger charge is -2.31. The molecule has 24 heavy (non-hydrogen) atoms. The summed E-state index contributed by atoms with van der Waals surface area (Å²) in [7, 11) is 0. The summed E-state index contributed by atoms with van der Waals surface area (Å²) >= 11 is 0. The van der Waals surface area contributed by atoms with E-state index >= 15 is 0 Å². The first-order chi connectivity index (χ1) is 11.6. The summed E-state index contributed by atoms with van der Waals surface area (Å²) < 4.78 is 5.24. The number of morpholine rings is 1. The average Bonchev–Trinajstić information content (AvgIpc) is 2.63. The second-order valence-electron chi connectivity index (χ2n) is 5.58. The fraction of sp³-hybridized carbons (Fsp3) is 0.222. The predicted octanol–water partition coefficient (Wildman–Crippen LogP) is 2.07. The van der Waals surface area contributed by atoms with Crippen molar-refractivity contribution in [2.45, 2.75) is 6.10 Å². The molecule has 0 spiro atoms. The monoisotopic (exact) mass is 325 g/mol. The molecule has 1 aliphatic rings. The number of benzene rings is 2. The van der Waals surface area contributed by atoms with E-state index in [1.807, 2.05) is 54.6 Å². The number of hydrogen-bond acceptors (Lipinski definition) is 3. The number of nitrogens with one attached hydrogen (secondary N) is 1. The van der Waals surface area contributed by atoms with Crippen LogP contribution in [0.5, 0.6) is 0 Å². The van der Waals surface area contributed by atoms with Gasteiger partial charge in [-0.1, -0.05) is 42.5 Å². The number of hydrogen-bond donors (Lipinski definition) is 2. The van der Waals surface area contributed by atoms with E-state index in [9.17, 15) is 9.59 Å². The minimum absolute atomic E-state index is 0.170. The van der Waals surface area contributed by atoms with E-state index in [4.69, 9.17) is 10.5 Å². The molecule has 3 rings (SSSR count). The highest BCUT2D eigenvalue weighted by atomic mass is 16.5. The Bertz CT molecular complexity index is 716. The standard InChI is InChI=1S/C18H19N3O3/c19-17(22)16-12-21(10-11-24-16)18(23)20-15-8-6-14(7-9-15)13-4-2-1-3-5-13/h1-9,16H,10-12H2,(H2,19,22)(H,20,23)/t16-/m1/s1. The van der Waals surface area contributed by atoms with E-state index in [1.54, 1.807) is 0 Å². The van der Waals surface area contributed by atoms with Gasteiger partial charge < -0.3 is 20.7 Å². The minimum atomic E-state index is -0.745. The second-order valence-corrected chi connectivity index (χ2v) is 5.58. The van der Waals surface area contributed by atoms with Gasteiger partial charge in [-0.05, 0) is 23.3 Å². The molecule has 3 amide bonds. The van der Waals surface area contributed by atoms with Gasteiger partial charge in [-0.25, -0.2) is 4.79 Å². The Morgan fingerprint density at radius 2 is 1.71 bits per heavy atom. The first-order valence-electron chi connectivity index (χ1n) is 7.76. The number of rotatable bonds is 3. The summed E-state index contributed by atoms with van der Waals surface area (Å²) in [4.78, 5) is 25.0. The number of nitrogens with two attached hydrogens (primary N) is 1. The molecule has 1 saturated heterocycles. The highest BCUT2D eigenvalue weighted by molar-refractivity contribution is 5.90. The quantitative estimate of drug-likeness (QED) is 0.906. The van der Waals surface area contributed by atoms with Crippen molar-refractivity contribution in [3.05, 3.63) is 54.6 Å². The molecule has 0 aliphatic carbocycles. The van der Waals surface area contributed by atoms with Crippen molar-refractivity contribution in [2.24, 2.45) is 5.73 Å². The number of amides is 3. The number of nitrogens with zero attached hydrogens (tertiary/aromatic N) is 1. The Kier molecular flexibility index (Phi) is 4.77. The molecule has 6 heteroatoms. The van der Waals surface area contributed by atoms with E-state index < -0.39 is 12.0 Å². The van der Waals surface area contributed by atoms with Crippen molar-refractivity contribution in [3.8, 4) is 11.1 Å². The summed E-state index contributed by atoms with van der Waals surface area (Å²) in [6, 6.07) is 17.4. The lowest BCUT2D eigenvalue weighted by molar-refractivity contribution is -0.133. The third-order valence-corrected chi connectivity index (χ3v) is 3.91. The number of carbonyl (C=O) groups excluding carboxylic acids is 2. The van der Waals surface area contributed by atoms with Gasteiger partial charge in [-0.3, -0.25) is 4.79 Å². The zero-order valence-corrected chi connectivity index (χ0v) is 13.1. The molecular formula is C18H19N3O3. The SMILES string of the molecule is NC(=O)[C@H]1CN(C(=O)Nc2ccc(-c3ccccc3)cc2)CCO1. The van der Waals surface area contributed by atoms with E-state index in [1.165, 1.54) is 4.90 Å². The van der Waals surface area contributed by atoms with Gasteiger partial charge in [0.2, 0.25) is 5.91 Å². The fourth-order valence-electron chi connectivity index (χ4n) is 2.59. The van der Waals surface area contributed by atoms with Gasteiger partial charge in [-0.15, -0.1) is 0 Å². The van der Waals surface area contributed by atoms with Crippen LogP contribution in [-0.4, -0.2) is 42.6 Å². The van der Waals surface area contributed by atoms with E-state index in [-0.39, 0.29) is 12.6 Å². The van der Waals surface area contributed by atoms with Gasteiger partial charge in [0.1, 0.15) is 0 Å². The van der Waals surface area contributed by atoms with Crippen LogP contribution >= 0.6 is 0 Å². The normalized spacial score (nSPS) is 17.3. The van der Waals surface area contributed by atoms with Crippen LogP contribution in [0.2, 0.25) is 0 Å². The summed E-state index contributed by atoms with van der Waals surface area (Å²) in [6.45, 7) is 0.898. The molecule has 3 N–H and O–H groups in total. The smallest absolute Gasteiger partial charge is 0.322 e. The van der Waals surface area contributed by atoms with Crippen LogP contribution in [0.4, 0.5) is 10.5 Å². The number of anilines is 1. The number of carbonyl (C=O) groups is 2. The molecule has 1 atom stereocenters. The van der Waals surface area contributed by atoms with Gasteiger partial charge in [-0.2, -0.15) is 0 Å². The summed E-state index contributed by atoms with van der Waals surface area (Å²) in [5.41, 5.74) is 8.12. The maximum absolute atomic E-state index is 12.3. The third-order valence-electron chi connectivity index (χ3n) is 3.91. The predicted molar refractivity (Wildman–Crippen MR) is 91.4 cm³/mol. The van der Waals surface area contributed by atoms with Crippen LogP contribution in [0.1, 0.15) is 0 Å². The molecule has 0 bridgehead atoms. The number of ether oxygens (including phenoxy) is 1. The van der Waals surface area contributed by atoms with Crippen LogP contribution in [0, 0.1) is 0 Å². The molecule has 0 unspecified atom stereocenters. The Morgan fingerprint density at radius 1 is 1.04 bits per heavy atom. The second kappa shape index (κ2) is 7.14. The van der Waals surface area contributed by atoms with Crippen LogP contribution < -0.4 is 11.1 Å². The fourth-order valence-corrected chi connectivity index (χ4v) is 2.59. The Balaban J connectivity index is 1.63. The molecule has 6 nitrogen and oxygen atoms in total. The highest BCUT2D eigenvalue weighted by Gasteiger charge is 2.27. The van der Waals surface area contributed by atoms with Gasteiger partial charge in [0.05, 0.1) is 13.2 Å². The minimum Gasteiger partial charge on any atom is -0.367 e. The first kappa shape index (κ1) is 16.0. The van der Waals surface area contributed by atoms with Crippen LogP contribution in [0.25, 0.3) is 11.1 Å². The van der Waals surface area contributed by atoms with Crippen LogP contribution in [0.15, 0.2) is 54.6 Å². The zero-order valence-electron chi connectivity index (χ0n) is 13.1. The van der Waals surface area contributed by atoms with E-state index in [2.05, 4.69) is 5.32 Å². The number of urea groups is 1. The lowest BCUT2D eigenvalue weighted by Crippen LogP contribution is -2.51. The van der Waals surface area contributed by atoms with Crippen molar-refractivity contribution in [1.29, 1.82) is 0 Å². The Labute approximate surface area is 140 Å². The molecule has 1 aliphatic heterocycles. The number of primary amides is 1. The maximum atomic E-state index is 12.3. The van der Waals surface area contributed by atoms with Gasteiger partial charge in [0, 0.05) is 12.2 Å². The molecule has 0 aromatic heterocycles. The van der Waals surface area contributed by atoms with Crippen molar-refractivity contribution in [1.82, 2.24) is 4.90 Å². The van der Waals surface area contributed by atoms with E-state index in [0.717, 1.165) is 11.1 Å². The molecule has 0 saturated carbocycles. The van der Waals surface area contributed by atoms with E-state index in [0.29, 0.717) is 18.8 Å². The molecule has 2 aromatic carbocycles. The summed E-state index contributed by atoms with van der Waals surface area (Å²) in [6.07, 6.45) is -0.745. The third kappa shape index (κ3) is 3.72. The van der Waals surface area contributed by atoms with Crippen LogP contribution in [-0.2, 0) is 9.53 Å². The van der Waals surface area contributed by atoms with Crippen molar-refractivity contribution in [3.63, 3.8) is 0 Å². The largest absolute Gasteiger partial charge is 0.367 e. The van der Waals surface area contributed by atoms with Gasteiger partial charge in [0.15, 0.2) is 6.10 Å². The zero-order chi connectivity index (χ0) is 16.9. The summed E-state index contributed by atoms with van der Waals surface area (Å²) in [5, 5.41) is 2.83. The Morgan fingerprint density at radius 3 is 2.38 bits per heavy atom. The van der Waals surface area contributed by atoms with Crippen LogP contribution in [0.3, 0.4) is 0 Å². The average molecular weight is 325 g/mol. The molecule has 1 fully saturated rings. The van der Waals surface area contributed by atoms with Gasteiger partial charge >= 0.3 is 6.03 Å². The Hall–Kier alpha value is -2.86. The highest BCUT2D eigenvalue weighted by Crippen LogP contribution is 2.21.